The lowest BCUT2D eigenvalue weighted by molar-refractivity contribution is 0.111. The number of hydrogen-bond acceptors (Lipinski definition) is 2. The molecule has 0 saturated heterocycles. The van der Waals surface area contributed by atoms with Crippen molar-refractivity contribution in [3.63, 3.8) is 0 Å². The molecule has 1 fully saturated rings. The highest BCUT2D eigenvalue weighted by Crippen LogP contribution is 2.34. The number of benzene rings is 1. The van der Waals surface area contributed by atoms with E-state index in [0.29, 0.717) is 17.6 Å². The van der Waals surface area contributed by atoms with Crippen LogP contribution in [-0.2, 0) is 0 Å². The lowest BCUT2D eigenvalue weighted by Gasteiger charge is -2.15. The van der Waals surface area contributed by atoms with Gasteiger partial charge >= 0.3 is 0 Å². The van der Waals surface area contributed by atoms with Gasteiger partial charge in [-0.1, -0.05) is 26.0 Å². The van der Waals surface area contributed by atoms with Gasteiger partial charge in [0.1, 0.15) is 5.75 Å². The topological polar surface area (TPSA) is 26.3 Å². The highest BCUT2D eigenvalue weighted by molar-refractivity contribution is 5.80. The molecule has 0 N–H and O–H groups in total. The molecule has 0 atom stereocenters. The molecular formula is C13H16O2. The number of para-hydroxylation sites is 1. The van der Waals surface area contributed by atoms with E-state index >= 15 is 0 Å². The zero-order valence-corrected chi connectivity index (χ0v) is 9.19. The molecule has 0 unspecified atom stereocenters. The first-order chi connectivity index (χ1) is 7.22. The number of hydrogen-bond donors (Lipinski definition) is 0. The fraction of sp³-hybridized carbons (Fsp3) is 0.462. The third-order valence-electron chi connectivity index (χ3n) is 2.63. The molecule has 1 aliphatic carbocycles. The van der Waals surface area contributed by atoms with Crippen LogP contribution in [0.15, 0.2) is 18.2 Å². The van der Waals surface area contributed by atoms with Gasteiger partial charge in [-0.15, -0.1) is 0 Å². The van der Waals surface area contributed by atoms with Crippen molar-refractivity contribution in [1.82, 2.24) is 0 Å². The van der Waals surface area contributed by atoms with E-state index in [9.17, 15) is 4.79 Å². The van der Waals surface area contributed by atoms with E-state index in [1.54, 1.807) is 0 Å². The normalized spacial score (nSPS) is 15.4. The summed E-state index contributed by atoms with van der Waals surface area (Å²) < 4.78 is 5.81. The first-order valence-electron chi connectivity index (χ1n) is 5.47. The average Bonchev–Trinajstić information content (AvgIpc) is 3.01. The van der Waals surface area contributed by atoms with Gasteiger partial charge in [0.05, 0.1) is 11.7 Å². The SMILES string of the molecule is CC(C)c1cccc(C=O)c1OC1CC1. The van der Waals surface area contributed by atoms with Crippen LogP contribution in [0.1, 0.15) is 48.5 Å². The lowest BCUT2D eigenvalue weighted by Crippen LogP contribution is -2.04. The summed E-state index contributed by atoms with van der Waals surface area (Å²) >= 11 is 0. The Morgan fingerprint density at radius 3 is 2.67 bits per heavy atom. The van der Waals surface area contributed by atoms with Crippen molar-refractivity contribution in [1.29, 1.82) is 0 Å². The van der Waals surface area contributed by atoms with Gasteiger partial charge in [-0.2, -0.15) is 0 Å². The molecule has 80 valence electrons. The minimum atomic E-state index is 0.337. The molecule has 15 heavy (non-hydrogen) atoms. The van der Waals surface area contributed by atoms with E-state index in [1.807, 2.05) is 18.2 Å². The van der Waals surface area contributed by atoms with Crippen molar-refractivity contribution in [3.8, 4) is 5.75 Å². The second-order valence-corrected chi connectivity index (χ2v) is 4.36. The van der Waals surface area contributed by atoms with E-state index < -0.39 is 0 Å². The molecule has 0 heterocycles. The molecule has 1 aliphatic rings. The summed E-state index contributed by atoms with van der Waals surface area (Å²) in [4.78, 5) is 10.9. The molecule has 0 aliphatic heterocycles. The van der Waals surface area contributed by atoms with Gasteiger partial charge in [0, 0.05) is 0 Å². The van der Waals surface area contributed by atoms with Crippen LogP contribution in [-0.4, -0.2) is 12.4 Å². The predicted molar refractivity (Wildman–Crippen MR) is 59.6 cm³/mol. The summed E-state index contributed by atoms with van der Waals surface area (Å²) in [6, 6.07) is 5.77. The molecule has 2 rings (SSSR count). The third-order valence-corrected chi connectivity index (χ3v) is 2.63. The van der Waals surface area contributed by atoms with Gasteiger partial charge in [-0.25, -0.2) is 0 Å². The molecule has 1 saturated carbocycles. The Balaban J connectivity index is 2.38. The number of aldehydes is 1. The number of carbonyl (C=O) groups is 1. The highest BCUT2D eigenvalue weighted by Gasteiger charge is 2.26. The molecule has 0 bridgehead atoms. The number of ether oxygens (including phenoxy) is 1. The second kappa shape index (κ2) is 4.05. The first kappa shape index (κ1) is 10.2. The van der Waals surface area contributed by atoms with Gasteiger partial charge in [0.2, 0.25) is 0 Å². The zero-order chi connectivity index (χ0) is 10.8. The smallest absolute Gasteiger partial charge is 0.153 e. The van der Waals surface area contributed by atoms with Gasteiger partial charge in [0.15, 0.2) is 6.29 Å². The summed E-state index contributed by atoms with van der Waals surface area (Å²) in [5.74, 6) is 1.18. The minimum absolute atomic E-state index is 0.337. The van der Waals surface area contributed by atoms with Gasteiger partial charge in [-0.05, 0) is 30.4 Å². The molecular weight excluding hydrogens is 188 g/mol. The molecule has 0 spiro atoms. The Hall–Kier alpha value is -1.31. The number of rotatable bonds is 4. The maximum absolute atomic E-state index is 10.9. The molecule has 0 aromatic heterocycles. The Morgan fingerprint density at radius 2 is 2.13 bits per heavy atom. The summed E-state index contributed by atoms with van der Waals surface area (Å²) in [6.45, 7) is 4.23. The van der Waals surface area contributed by atoms with Gasteiger partial charge < -0.3 is 4.74 Å². The van der Waals surface area contributed by atoms with Crippen LogP contribution in [0.2, 0.25) is 0 Å². The van der Waals surface area contributed by atoms with Crippen LogP contribution >= 0.6 is 0 Å². The molecule has 2 nitrogen and oxygen atoms in total. The van der Waals surface area contributed by atoms with E-state index in [0.717, 1.165) is 30.4 Å². The Kier molecular flexibility index (Phi) is 2.76. The summed E-state index contributed by atoms with van der Waals surface area (Å²) in [7, 11) is 0. The van der Waals surface area contributed by atoms with Crippen molar-refractivity contribution in [2.24, 2.45) is 0 Å². The number of carbonyl (C=O) groups excluding carboxylic acids is 1. The molecule has 2 heteroatoms. The van der Waals surface area contributed by atoms with Crippen LogP contribution in [0, 0.1) is 0 Å². The summed E-state index contributed by atoms with van der Waals surface area (Å²) in [5.41, 5.74) is 1.81. The standard InChI is InChI=1S/C13H16O2/c1-9(2)12-5-3-4-10(8-14)13(12)15-11-6-7-11/h3-5,8-9,11H,6-7H2,1-2H3. The monoisotopic (exact) mass is 204 g/mol. The van der Waals surface area contributed by atoms with Crippen LogP contribution < -0.4 is 4.74 Å². The van der Waals surface area contributed by atoms with E-state index in [1.165, 1.54) is 0 Å². The Bertz CT molecular complexity index is 365. The Morgan fingerprint density at radius 1 is 1.40 bits per heavy atom. The maximum atomic E-state index is 10.9. The highest BCUT2D eigenvalue weighted by atomic mass is 16.5. The van der Waals surface area contributed by atoms with Crippen LogP contribution in [0.4, 0.5) is 0 Å². The Labute approximate surface area is 90.3 Å². The molecule has 0 amide bonds. The summed E-state index contributed by atoms with van der Waals surface area (Å²) in [5, 5.41) is 0. The maximum Gasteiger partial charge on any atom is 0.153 e. The lowest BCUT2D eigenvalue weighted by atomic mass is 9.99. The molecule has 0 radical (unpaired) electrons. The van der Waals surface area contributed by atoms with Crippen molar-refractivity contribution in [2.75, 3.05) is 0 Å². The van der Waals surface area contributed by atoms with E-state index in [4.69, 9.17) is 4.74 Å². The van der Waals surface area contributed by atoms with Crippen molar-refractivity contribution < 1.29 is 9.53 Å². The van der Waals surface area contributed by atoms with Crippen molar-refractivity contribution in [3.05, 3.63) is 29.3 Å². The fourth-order valence-corrected chi connectivity index (χ4v) is 1.61. The van der Waals surface area contributed by atoms with Crippen LogP contribution in [0.25, 0.3) is 0 Å². The van der Waals surface area contributed by atoms with Gasteiger partial charge in [0.25, 0.3) is 0 Å². The summed E-state index contributed by atoms with van der Waals surface area (Å²) in [6.07, 6.45) is 3.45. The fourth-order valence-electron chi connectivity index (χ4n) is 1.61. The van der Waals surface area contributed by atoms with E-state index in [2.05, 4.69) is 13.8 Å². The van der Waals surface area contributed by atoms with Crippen LogP contribution in [0.5, 0.6) is 5.75 Å². The van der Waals surface area contributed by atoms with Crippen molar-refractivity contribution in [2.45, 2.75) is 38.7 Å². The van der Waals surface area contributed by atoms with Crippen LogP contribution in [0.3, 0.4) is 0 Å². The third kappa shape index (κ3) is 2.20. The van der Waals surface area contributed by atoms with Crippen molar-refractivity contribution >= 4 is 6.29 Å². The van der Waals surface area contributed by atoms with E-state index in [-0.39, 0.29) is 0 Å². The minimum Gasteiger partial charge on any atom is -0.489 e. The largest absolute Gasteiger partial charge is 0.489 e. The van der Waals surface area contributed by atoms with Gasteiger partial charge in [-0.3, -0.25) is 4.79 Å². The quantitative estimate of drug-likeness (QED) is 0.704. The molecule has 1 aromatic rings. The average molecular weight is 204 g/mol. The predicted octanol–water partition coefficient (Wildman–Crippen LogP) is 3.16. The second-order valence-electron chi connectivity index (χ2n) is 4.36. The molecule has 1 aromatic carbocycles. The first-order valence-corrected chi connectivity index (χ1v) is 5.47. The zero-order valence-electron chi connectivity index (χ0n) is 9.19.